The molecule has 0 saturated carbocycles. The first kappa shape index (κ1) is 9.04. The zero-order valence-electron chi connectivity index (χ0n) is 7.87. The average Bonchev–Trinajstić information content (AvgIpc) is 2.54. The van der Waals surface area contributed by atoms with Crippen molar-refractivity contribution in [1.82, 2.24) is 0 Å². The molecule has 0 aliphatic carbocycles. The third kappa shape index (κ3) is 1.24. The summed E-state index contributed by atoms with van der Waals surface area (Å²) in [7, 11) is 0. The third-order valence-corrected chi connectivity index (χ3v) is 3.52. The number of rotatable bonds is 1. The summed E-state index contributed by atoms with van der Waals surface area (Å²) in [5.74, 6) is 0. The highest BCUT2D eigenvalue weighted by atomic mass is 32.1. The number of nitrogens with two attached hydrogens (primary N) is 1. The number of aryl methyl sites for hydroxylation is 1. The average molecular weight is 202 g/mol. The van der Waals surface area contributed by atoms with Gasteiger partial charge in [0.2, 0.25) is 0 Å². The van der Waals surface area contributed by atoms with Crippen LogP contribution in [-0.4, -0.2) is 0 Å². The molecule has 1 aromatic carbocycles. The molecule has 2 nitrogen and oxygen atoms in total. The van der Waals surface area contributed by atoms with Crippen LogP contribution in [0.2, 0.25) is 0 Å². The van der Waals surface area contributed by atoms with E-state index in [0.29, 0.717) is 0 Å². The molecule has 0 atom stereocenters. The molecule has 0 saturated heterocycles. The second kappa shape index (κ2) is 3.32. The molecule has 2 aromatic rings. The zero-order valence-corrected chi connectivity index (χ0v) is 8.69. The summed E-state index contributed by atoms with van der Waals surface area (Å²) < 4.78 is 1.11. The van der Waals surface area contributed by atoms with Gasteiger partial charge in [0.15, 0.2) is 0 Å². The van der Waals surface area contributed by atoms with E-state index in [0.717, 1.165) is 32.6 Å². The lowest BCUT2D eigenvalue weighted by Gasteiger charge is -1.92. The van der Waals surface area contributed by atoms with Crippen molar-refractivity contribution in [2.75, 3.05) is 5.73 Å². The molecule has 1 heterocycles. The van der Waals surface area contributed by atoms with Gasteiger partial charge in [-0.15, -0.1) is 11.3 Å². The third-order valence-electron chi connectivity index (χ3n) is 2.22. The van der Waals surface area contributed by atoms with E-state index < -0.39 is 0 Å². The van der Waals surface area contributed by atoms with E-state index in [-0.39, 0.29) is 0 Å². The summed E-state index contributed by atoms with van der Waals surface area (Å²) >= 11 is 1.66. The lowest BCUT2D eigenvalue weighted by Crippen LogP contribution is -1.82. The van der Waals surface area contributed by atoms with Crippen molar-refractivity contribution < 1.29 is 0 Å². The second-order valence-electron chi connectivity index (χ2n) is 3.12. The number of hydrogen-bond acceptors (Lipinski definition) is 3. The number of nitriles is 1. The number of nitrogens with zero attached hydrogens (tertiary/aromatic N) is 1. The Morgan fingerprint density at radius 3 is 2.93 bits per heavy atom. The quantitative estimate of drug-likeness (QED) is 0.723. The van der Waals surface area contributed by atoms with Gasteiger partial charge in [0.1, 0.15) is 6.07 Å². The number of nitrogen functional groups attached to an aromatic ring is 1. The molecule has 2 N–H and O–H groups in total. The van der Waals surface area contributed by atoms with Crippen LogP contribution in [0.15, 0.2) is 18.2 Å². The molecule has 1 aromatic heterocycles. The fourth-order valence-electron chi connectivity index (χ4n) is 1.54. The maximum absolute atomic E-state index is 9.03. The van der Waals surface area contributed by atoms with Gasteiger partial charge in [-0.3, -0.25) is 0 Å². The minimum atomic E-state index is 0.755. The van der Waals surface area contributed by atoms with Gasteiger partial charge in [-0.2, -0.15) is 5.26 Å². The summed E-state index contributed by atoms with van der Waals surface area (Å²) in [6.45, 7) is 2.06. The predicted octanol–water partition coefficient (Wildman–Crippen LogP) is 2.92. The Hall–Kier alpha value is -1.53. The lowest BCUT2D eigenvalue weighted by atomic mass is 10.1. The topological polar surface area (TPSA) is 49.8 Å². The van der Waals surface area contributed by atoms with Gasteiger partial charge in [-0.25, -0.2) is 0 Å². The summed E-state index contributed by atoms with van der Waals surface area (Å²) in [5, 5.41) is 10.1. The van der Waals surface area contributed by atoms with Gasteiger partial charge in [-0.1, -0.05) is 13.0 Å². The Morgan fingerprint density at radius 2 is 2.29 bits per heavy atom. The largest absolute Gasteiger partial charge is 0.399 e. The zero-order chi connectivity index (χ0) is 10.1. The number of hydrogen-bond donors (Lipinski definition) is 1. The van der Waals surface area contributed by atoms with E-state index in [2.05, 4.69) is 13.0 Å². The maximum Gasteiger partial charge on any atom is 0.101 e. The van der Waals surface area contributed by atoms with Crippen molar-refractivity contribution in [2.24, 2.45) is 0 Å². The van der Waals surface area contributed by atoms with Crippen LogP contribution in [0.3, 0.4) is 0 Å². The number of benzene rings is 1. The molecule has 0 spiro atoms. The van der Waals surface area contributed by atoms with Crippen molar-refractivity contribution in [3.05, 3.63) is 28.6 Å². The van der Waals surface area contributed by atoms with E-state index in [1.807, 2.05) is 18.2 Å². The first-order chi connectivity index (χ1) is 6.76. The fourth-order valence-corrected chi connectivity index (χ4v) is 2.68. The summed E-state index contributed by atoms with van der Waals surface area (Å²) in [4.78, 5) is 1.15. The Labute approximate surface area is 86.6 Å². The highest BCUT2D eigenvalue weighted by molar-refractivity contribution is 7.19. The predicted molar refractivity (Wildman–Crippen MR) is 60.3 cm³/mol. The summed E-state index contributed by atoms with van der Waals surface area (Å²) in [5.41, 5.74) is 7.26. The van der Waals surface area contributed by atoms with Crippen LogP contribution >= 0.6 is 11.3 Å². The number of anilines is 1. The van der Waals surface area contributed by atoms with Crippen LogP contribution in [0.5, 0.6) is 0 Å². The van der Waals surface area contributed by atoms with E-state index in [4.69, 9.17) is 11.0 Å². The first-order valence-corrected chi connectivity index (χ1v) is 5.29. The van der Waals surface area contributed by atoms with Crippen molar-refractivity contribution in [3.63, 3.8) is 0 Å². The van der Waals surface area contributed by atoms with Gasteiger partial charge in [0.05, 0.1) is 5.56 Å². The Balaban J connectivity index is 2.81. The van der Waals surface area contributed by atoms with E-state index in [1.54, 1.807) is 11.3 Å². The van der Waals surface area contributed by atoms with Crippen molar-refractivity contribution in [3.8, 4) is 6.07 Å². The van der Waals surface area contributed by atoms with Crippen LogP contribution in [0.1, 0.15) is 17.4 Å². The minimum Gasteiger partial charge on any atom is -0.399 e. The SMILES string of the molecule is CCc1sc2cc(N)ccc2c1C#N. The van der Waals surface area contributed by atoms with Crippen LogP contribution < -0.4 is 5.73 Å². The second-order valence-corrected chi connectivity index (χ2v) is 4.26. The number of thiophene rings is 1. The van der Waals surface area contributed by atoms with Gasteiger partial charge < -0.3 is 5.73 Å². The van der Waals surface area contributed by atoms with Crippen molar-refractivity contribution in [1.29, 1.82) is 5.26 Å². The molecular formula is C11H10N2S. The molecule has 3 heteroatoms. The molecule has 0 bridgehead atoms. The van der Waals surface area contributed by atoms with Crippen LogP contribution in [0.25, 0.3) is 10.1 Å². The molecule has 0 unspecified atom stereocenters. The van der Waals surface area contributed by atoms with Crippen molar-refractivity contribution >= 4 is 27.1 Å². The molecule has 2 rings (SSSR count). The minimum absolute atomic E-state index is 0.755. The molecule has 0 aliphatic heterocycles. The van der Waals surface area contributed by atoms with E-state index in [1.165, 1.54) is 0 Å². The molecular weight excluding hydrogens is 192 g/mol. The molecule has 70 valence electrons. The monoisotopic (exact) mass is 202 g/mol. The van der Waals surface area contributed by atoms with Gasteiger partial charge in [0, 0.05) is 20.7 Å². The standard InChI is InChI=1S/C11H10N2S/c1-2-10-9(6-12)8-4-3-7(13)5-11(8)14-10/h3-5H,2,13H2,1H3. The Morgan fingerprint density at radius 1 is 1.50 bits per heavy atom. The van der Waals surface area contributed by atoms with E-state index >= 15 is 0 Å². The molecule has 0 fully saturated rings. The fraction of sp³-hybridized carbons (Fsp3) is 0.182. The maximum atomic E-state index is 9.03. The molecule has 0 aliphatic rings. The summed E-state index contributed by atoms with van der Waals surface area (Å²) in [6, 6.07) is 7.96. The van der Waals surface area contributed by atoms with Crippen molar-refractivity contribution in [2.45, 2.75) is 13.3 Å². The van der Waals surface area contributed by atoms with Crippen LogP contribution in [0, 0.1) is 11.3 Å². The Bertz CT molecular complexity index is 520. The van der Waals surface area contributed by atoms with Gasteiger partial charge >= 0.3 is 0 Å². The van der Waals surface area contributed by atoms with Gasteiger partial charge in [0.25, 0.3) is 0 Å². The highest BCUT2D eigenvalue weighted by Gasteiger charge is 2.09. The molecule has 14 heavy (non-hydrogen) atoms. The number of fused-ring (bicyclic) bond motifs is 1. The lowest BCUT2D eigenvalue weighted by molar-refractivity contribution is 1.18. The first-order valence-electron chi connectivity index (χ1n) is 4.47. The van der Waals surface area contributed by atoms with Crippen LogP contribution in [0.4, 0.5) is 5.69 Å². The smallest absolute Gasteiger partial charge is 0.101 e. The normalized spacial score (nSPS) is 10.3. The summed E-state index contributed by atoms with van der Waals surface area (Å²) in [6.07, 6.45) is 0.905. The highest BCUT2D eigenvalue weighted by Crippen LogP contribution is 2.32. The Kier molecular flexibility index (Phi) is 2.14. The molecule has 0 amide bonds. The van der Waals surface area contributed by atoms with E-state index in [9.17, 15) is 0 Å². The molecule has 0 radical (unpaired) electrons. The van der Waals surface area contributed by atoms with Crippen LogP contribution in [-0.2, 0) is 6.42 Å². The van der Waals surface area contributed by atoms with Gasteiger partial charge in [-0.05, 0) is 18.6 Å².